The molecule has 4 nitrogen and oxygen atoms in total. The summed E-state index contributed by atoms with van der Waals surface area (Å²) in [6, 6.07) is 0. The molecule has 0 aromatic carbocycles. The highest BCUT2D eigenvalue weighted by Gasteiger charge is 2.35. The lowest BCUT2D eigenvalue weighted by atomic mass is 9.89. The Labute approximate surface area is 97.7 Å². The highest BCUT2D eigenvalue weighted by molar-refractivity contribution is 5.71. The van der Waals surface area contributed by atoms with E-state index < -0.39 is 5.60 Å². The smallest absolute Gasteiger partial charge is 0.309 e. The molecule has 0 atom stereocenters. The monoisotopic (exact) mass is 229 g/mol. The van der Waals surface area contributed by atoms with Crippen LogP contribution in [0.3, 0.4) is 0 Å². The van der Waals surface area contributed by atoms with E-state index >= 15 is 0 Å². The summed E-state index contributed by atoms with van der Waals surface area (Å²) in [5, 5.41) is 3.26. The van der Waals surface area contributed by atoms with Gasteiger partial charge < -0.3 is 14.8 Å². The Balaban J connectivity index is 2.52. The Hall–Kier alpha value is -0.610. The van der Waals surface area contributed by atoms with Crippen LogP contribution < -0.4 is 5.32 Å². The van der Waals surface area contributed by atoms with Crippen LogP contribution in [0.4, 0.5) is 0 Å². The largest absolute Gasteiger partial charge is 0.460 e. The summed E-state index contributed by atoms with van der Waals surface area (Å²) in [4.78, 5) is 11.8. The topological polar surface area (TPSA) is 47.6 Å². The van der Waals surface area contributed by atoms with E-state index in [2.05, 4.69) is 5.32 Å². The van der Waals surface area contributed by atoms with Gasteiger partial charge >= 0.3 is 5.97 Å². The van der Waals surface area contributed by atoms with Crippen LogP contribution in [0.1, 0.15) is 40.0 Å². The average molecular weight is 229 g/mol. The molecule has 0 bridgehead atoms. The van der Waals surface area contributed by atoms with Crippen molar-refractivity contribution in [3.05, 3.63) is 0 Å². The first kappa shape index (κ1) is 13.5. The SMILES string of the molecule is COC1(CC(=O)OC(C)(C)C)CCNCC1. The maximum absolute atomic E-state index is 11.8. The zero-order chi connectivity index (χ0) is 12.2. The molecule has 0 aromatic rings. The Morgan fingerprint density at radius 1 is 1.31 bits per heavy atom. The first-order chi connectivity index (χ1) is 7.37. The summed E-state index contributed by atoms with van der Waals surface area (Å²) < 4.78 is 10.9. The van der Waals surface area contributed by atoms with Gasteiger partial charge in [0.05, 0.1) is 12.0 Å². The van der Waals surface area contributed by atoms with Gasteiger partial charge in [-0.2, -0.15) is 0 Å². The van der Waals surface area contributed by atoms with Crippen molar-refractivity contribution in [3.8, 4) is 0 Å². The second kappa shape index (κ2) is 5.15. The predicted octanol–water partition coefficient (Wildman–Crippen LogP) is 1.49. The van der Waals surface area contributed by atoms with Gasteiger partial charge in [-0.3, -0.25) is 4.79 Å². The van der Waals surface area contributed by atoms with E-state index in [-0.39, 0.29) is 11.6 Å². The van der Waals surface area contributed by atoms with Crippen LogP contribution in [-0.4, -0.2) is 37.4 Å². The molecule has 0 spiro atoms. The predicted molar refractivity (Wildman–Crippen MR) is 62.3 cm³/mol. The number of piperidine rings is 1. The third kappa shape index (κ3) is 4.10. The van der Waals surface area contributed by atoms with Gasteiger partial charge in [-0.15, -0.1) is 0 Å². The summed E-state index contributed by atoms with van der Waals surface area (Å²) >= 11 is 0. The van der Waals surface area contributed by atoms with Gasteiger partial charge in [-0.1, -0.05) is 0 Å². The van der Waals surface area contributed by atoms with E-state index in [1.54, 1.807) is 7.11 Å². The van der Waals surface area contributed by atoms with Crippen LogP contribution in [0, 0.1) is 0 Å². The molecule has 0 aliphatic carbocycles. The minimum Gasteiger partial charge on any atom is -0.460 e. The highest BCUT2D eigenvalue weighted by atomic mass is 16.6. The van der Waals surface area contributed by atoms with E-state index in [1.807, 2.05) is 20.8 Å². The van der Waals surface area contributed by atoms with Gasteiger partial charge in [-0.25, -0.2) is 0 Å². The van der Waals surface area contributed by atoms with E-state index in [4.69, 9.17) is 9.47 Å². The summed E-state index contributed by atoms with van der Waals surface area (Å²) in [6.07, 6.45) is 2.08. The minimum absolute atomic E-state index is 0.170. The molecular weight excluding hydrogens is 206 g/mol. The Bertz CT molecular complexity index is 239. The molecule has 1 aliphatic rings. The Morgan fingerprint density at radius 3 is 2.31 bits per heavy atom. The number of rotatable bonds is 3. The fourth-order valence-electron chi connectivity index (χ4n) is 1.98. The van der Waals surface area contributed by atoms with Crippen molar-refractivity contribution in [2.45, 2.75) is 51.2 Å². The van der Waals surface area contributed by atoms with Gasteiger partial charge in [0.2, 0.25) is 0 Å². The fraction of sp³-hybridized carbons (Fsp3) is 0.917. The molecule has 1 rings (SSSR count). The molecule has 0 radical (unpaired) electrons. The zero-order valence-electron chi connectivity index (χ0n) is 10.8. The molecule has 94 valence electrons. The molecular formula is C12H23NO3. The third-order valence-corrected chi connectivity index (χ3v) is 2.83. The van der Waals surface area contributed by atoms with Crippen LogP contribution >= 0.6 is 0 Å². The number of methoxy groups -OCH3 is 1. The minimum atomic E-state index is -0.418. The van der Waals surface area contributed by atoms with Crippen molar-refractivity contribution in [1.82, 2.24) is 5.32 Å². The third-order valence-electron chi connectivity index (χ3n) is 2.83. The highest BCUT2D eigenvalue weighted by Crippen LogP contribution is 2.27. The summed E-state index contributed by atoms with van der Waals surface area (Å²) in [5.41, 5.74) is -0.744. The fourth-order valence-corrected chi connectivity index (χ4v) is 1.98. The van der Waals surface area contributed by atoms with Crippen LogP contribution in [0.2, 0.25) is 0 Å². The van der Waals surface area contributed by atoms with E-state index in [9.17, 15) is 4.79 Å². The number of nitrogens with one attached hydrogen (secondary N) is 1. The van der Waals surface area contributed by atoms with E-state index in [0.29, 0.717) is 6.42 Å². The van der Waals surface area contributed by atoms with E-state index in [0.717, 1.165) is 25.9 Å². The summed E-state index contributed by atoms with van der Waals surface area (Å²) in [7, 11) is 1.68. The molecule has 16 heavy (non-hydrogen) atoms. The van der Waals surface area contributed by atoms with Crippen LogP contribution in [0.5, 0.6) is 0 Å². The van der Waals surface area contributed by atoms with Crippen molar-refractivity contribution < 1.29 is 14.3 Å². The van der Waals surface area contributed by atoms with Crippen LogP contribution in [0.15, 0.2) is 0 Å². The molecule has 0 amide bonds. The molecule has 0 unspecified atom stereocenters. The number of hydrogen-bond acceptors (Lipinski definition) is 4. The lowest BCUT2D eigenvalue weighted by molar-refractivity contribution is -0.163. The van der Waals surface area contributed by atoms with Crippen molar-refractivity contribution in [3.63, 3.8) is 0 Å². The first-order valence-corrected chi connectivity index (χ1v) is 5.85. The maximum atomic E-state index is 11.8. The van der Waals surface area contributed by atoms with Gasteiger partial charge in [0, 0.05) is 7.11 Å². The van der Waals surface area contributed by atoms with Crippen LogP contribution in [-0.2, 0) is 14.3 Å². The standard InChI is InChI=1S/C12H23NO3/c1-11(2,3)16-10(14)9-12(15-4)5-7-13-8-6-12/h13H,5-9H2,1-4H3. The van der Waals surface area contributed by atoms with Gasteiger partial charge in [0.1, 0.15) is 5.60 Å². The second-order valence-corrected chi connectivity index (χ2v) is 5.40. The molecule has 1 heterocycles. The number of ether oxygens (including phenoxy) is 2. The van der Waals surface area contributed by atoms with Crippen molar-refractivity contribution in [2.24, 2.45) is 0 Å². The molecule has 0 aromatic heterocycles. The molecule has 1 N–H and O–H groups in total. The number of carbonyl (C=O) groups is 1. The molecule has 0 saturated carbocycles. The zero-order valence-corrected chi connectivity index (χ0v) is 10.8. The van der Waals surface area contributed by atoms with Gasteiger partial charge in [-0.05, 0) is 46.7 Å². The first-order valence-electron chi connectivity index (χ1n) is 5.85. The lowest BCUT2D eigenvalue weighted by Crippen LogP contribution is -2.45. The number of carbonyl (C=O) groups excluding carboxylic acids is 1. The van der Waals surface area contributed by atoms with Crippen molar-refractivity contribution in [2.75, 3.05) is 20.2 Å². The van der Waals surface area contributed by atoms with Crippen molar-refractivity contribution >= 4 is 5.97 Å². The number of hydrogen-bond donors (Lipinski definition) is 1. The molecule has 1 fully saturated rings. The van der Waals surface area contributed by atoms with Crippen LogP contribution in [0.25, 0.3) is 0 Å². The molecule has 4 heteroatoms. The maximum Gasteiger partial charge on any atom is 0.309 e. The van der Waals surface area contributed by atoms with Gasteiger partial charge in [0.15, 0.2) is 0 Å². The van der Waals surface area contributed by atoms with Crippen molar-refractivity contribution in [1.29, 1.82) is 0 Å². The average Bonchev–Trinajstić information content (AvgIpc) is 2.16. The Kier molecular flexibility index (Phi) is 4.33. The molecule has 1 aliphatic heterocycles. The van der Waals surface area contributed by atoms with E-state index in [1.165, 1.54) is 0 Å². The number of esters is 1. The summed E-state index contributed by atoms with van der Waals surface area (Å²) in [5.74, 6) is -0.170. The second-order valence-electron chi connectivity index (χ2n) is 5.40. The Morgan fingerprint density at radius 2 is 1.88 bits per heavy atom. The normalized spacial score (nSPS) is 20.5. The summed E-state index contributed by atoms with van der Waals surface area (Å²) in [6.45, 7) is 7.44. The van der Waals surface area contributed by atoms with Gasteiger partial charge in [0.25, 0.3) is 0 Å². The molecule has 1 saturated heterocycles. The quantitative estimate of drug-likeness (QED) is 0.745. The lowest BCUT2D eigenvalue weighted by Gasteiger charge is -2.36.